The third-order valence-electron chi connectivity index (χ3n) is 5.39. The minimum absolute atomic E-state index is 0.0473. The van der Waals surface area contributed by atoms with E-state index < -0.39 is 0 Å². The molecule has 0 spiro atoms. The SMILES string of the molecule is CCC(C)NC(=O)CN1CCN(C(=O)Nc2cc(C(C)(C)C)nn2C(C)(C)C)CC1. The predicted octanol–water partition coefficient (Wildman–Crippen LogP) is 3.00. The van der Waals surface area contributed by atoms with Crippen LogP contribution < -0.4 is 10.6 Å². The number of nitrogens with one attached hydrogen (secondary N) is 2. The molecule has 0 saturated carbocycles. The zero-order valence-corrected chi connectivity index (χ0v) is 20.0. The summed E-state index contributed by atoms with van der Waals surface area (Å²) in [7, 11) is 0. The maximum absolute atomic E-state index is 12.9. The largest absolute Gasteiger partial charge is 0.353 e. The van der Waals surface area contributed by atoms with E-state index in [9.17, 15) is 9.59 Å². The van der Waals surface area contributed by atoms with Crippen molar-refractivity contribution in [2.45, 2.75) is 78.8 Å². The average Bonchev–Trinajstić information content (AvgIpc) is 3.06. The molecule has 0 aromatic carbocycles. The topological polar surface area (TPSA) is 82.5 Å². The van der Waals surface area contributed by atoms with E-state index in [0.717, 1.165) is 12.1 Å². The third kappa shape index (κ3) is 6.45. The van der Waals surface area contributed by atoms with Crippen molar-refractivity contribution < 1.29 is 9.59 Å². The predicted molar refractivity (Wildman–Crippen MR) is 121 cm³/mol. The first kappa shape index (κ1) is 24.2. The van der Waals surface area contributed by atoms with E-state index in [1.165, 1.54) is 0 Å². The number of carbonyl (C=O) groups is 2. The molecule has 1 aliphatic rings. The number of nitrogens with zero attached hydrogens (tertiary/aromatic N) is 4. The lowest BCUT2D eigenvalue weighted by Crippen LogP contribution is -2.52. The second-order valence-electron chi connectivity index (χ2n) is 10.3. The number of rotatable bonds is 5. The molecule has 170 valence electrons. The van der Waals surface area contributed by atoms with E-state index >= 15 is 0 Å². The molecule has 0 aliphatic carbocycles. The first-order valence-electron chi connectivity index (χ1n) is 11.0. The highest BCUT2D eigenvalue weighted by Gasteiger charge is 2.28. The number of anilines is 1. The van der Waals surface area contributed by atoms with Crippen LogP contribution in [-0.2, 0) is 15.7 Å². The lowest BCUT2D eigenvalue weighted by Gasteiger charge is -2.34. The van der Waals surface area contributed by atoms with E-state index in [2.05, 4.69) is 64.0 Å². The molecule has 30 heavy (non-hydrogen) atoms. The van der Waals surface area contributed by atoms with Crippen LogP contribution in [0.3, 0.4) is 0 Å². The summed E-state index contributed by atoms with van der Waals surface area (Å²) in [4.78, 5) is 28.9. The van der Waals surface area contributed by atoms with Gasteiger partial charge in [0.15, 0.2) is 0 Å². The summed E-state index contributed by atoms with van der Waals surface area (Å²) in [5.74, 6) is 0.763. The Morgan fingerprint density at radius 1 is 1.10 bits per heavy atom. The van der Waals surface area contributed by atoms with Gasteiger partial charge in [-0.15, -0.1) is 0 Å². The molecule has 3 amide bonds. The molecule has 2 N–H and O–H groups in total. The molecule has 8 heteroatoms. The van der Waals surface area contributed by atoms with Crippen molar-refractivity contribution >= 4 is 17.8 Å². The molecular weight excluding hydrogens is 380 g/mol. The Bertz CT molecular complexity index is 736. The van der Waals surface area contributed by atoms with Crippen molar-refractivity contribution in [2.75, 3.05) is 38.0 Å². The average molecular weight is 421 g/mol. The number of aromatic nitrogens is 2. The lowest BCUT2D eigenvalue weighted by molar-refractivity contribution is -0.123. The minimum Gasteiger partial charge on any atom is -0.353 e. The van der Waals surface area contributed by atoms with Crippen molar-refractivity contribution in [3.63, 3.8) is 0 Å². The highest BCUT2D eigenvalue weighted by Crippen LogP contribution is 2.28. The number of hydrogen-bond acceptors (Lipinski definition) is 4. The zero-order valence-electron chi connectivity index (χ0n) is 20.0. The summed E-state index contributed by atoms with van der Waals surface area (Å²) < 4.78 is 1.89. The van der Waals surface area contributed by atoms with Crippen LogP contribution in [-0.4, -0.2) is 70.3 Å². The van der Waals surface area contributed by atoms with Crippen LogP contribution in [0.5, 0.6) is 0 Å². The van der Waals surface area contributed by atoms with Gasteiger partial charge in [0.05, 0.1) is 17.8 Å². The van der Waals surface area contributed by atoms with Crippen LogP contribution in [0.1, 0.15) is 67.5 Å². The molecule has 8 nitrogen and oxygen atoms in total. The van der Waals surface area contributed by atoms with Crippen LogP contribution in [0, 0.1) is 0 Å². The van der Waals surface area contributed by atoms with Gasteiger partial charge < -0.3 is 10.2 Å². The summed E-state index contributed by atoms with van der Waals surface area (Å²) in [6.45, 7) is 19.6. The molecule has 1 aromatic heterocycles. The van der Waals surface area contributed by atoms with Crippen molar-refractivity contribution in [3.05, 3.63) is 11.8 Å². The van der Waals surface area contributed by atoms with Gasteiger partial charge in [-0.1, -0.05) is 27.7 Å². The molecular formula is C22H40N6O2. The molecule has 1 aromatic rings. The quantitative estimate of drug-likeness (QED) is 0.767. The van der Waals surface area contributed by atoms with Crippen LogP contribution in [0.2, 0.25) is 0 Å². The molecule has 1 aliphatic heterocycles. The van der Waals surface area contributed by atoms with Crippen molar-refractivity contribution in [3.8, 4) is 0 Å². The minimum atomic E-state index is -0.242. The van der Waals surface area contributed by atoms with Crippen LogP contribution in [0.25, 0.3) is 0 Å². The number of urea groups is 1. The maximum atomic E-state index is 12.9. The fraction of sp³-hybridized carbons (Fsp3) is 0.773. The standard InChI is InChI=1S/C22H40N6O2/c1-9-16(2)23-19(29)15-26-10-12-27(13-11-26)20(30)24-18-14-17(21(3,4)5)25-28(18)22(6,7)8/h14,16H,9-13,15H2,1-8H3,(H,23,29)(H,24,30). The van der Waals surface area contributed by atoms with E-state index in [0.29, 0.717) is 38.5 Å². The Morgan fingerprint density at radius 3 is 2.20 bits per heavy atom. The highest BCUT2D eigenvalue weighted by atomic mass is 16.2. The summed E-state index contributed by atoms with van der Waals surface area (Å²) in [6.07, 6.45) is 0.918. The smallest absolute Gasteiger partial charge is 0.323 e. The highest BCUT2D eigenvalue weighted by molar-refractivity contribution is 5.88. The van der Waals surface area contributed by atoms with Gasteiger partial charge in [0, 0.05) is 43.7 Å². The second-order valence-corrected chi connectivity index (χ2v) is 10.3. The first-order chi connectivity index (χ1) is 13.8. The van der Waals surface area contributed by atoms with Gasteiger partial charge in [0.1, 0.15) is 5.82 Å². The fourth-order valence-electron chi connectivity index (χ4n) is 3.27. The van der Waals surface area contributed by atoms with Gasteiger partial charge in [-0.3, -0.25) is 15.0 Å². The van der Waals surface area contributed by atoms with Gasteiger partial charge >= 0.3 is 6.03 Å². The van der Waals surface area contributed by atoms with Crippen LogP contribution in [0.15, 0.2) is 6.07 Å². The van der Waals surface area contributed by atoms with E-state index in [-0.39, 0.29) is 28.9 Å². The molecule has 0 bridgehead atoms. The Kier molecular flexibility index (Phi) is 7.55. The molecule has 1 fully saturated rings. The molecule has 2 rings (SSSR count). The van der Waals surface area contributed by atoms with Gasteiger partial charge in [-0.05, 0) is 34.1 Å². The number of carbonyl (C=O) groups excluding carboxylic acids is 2. The molecule has 2 heterocycles. The summed E-state index contributed by atoms with van der Waals surface area (Å²) >= 11 is 0. The number of amides is 3. The third-order valence-corrected chi connectivity index (χ3v) is 5.39. The lowest BCUT2D eigenvalue weighted by atomic mass is 9.92. The Labute approximate surface area is 181 Å². The molecule has 1 atom stereocenters. The number of hydrogen-bond donors (Lipinski definition) is 2. The van der Waals surface area contributed by atoms with Gasteiger partial charge in [0.2, 0.25) is 5.91 Å². The normalized spacial score (nSPS) is 17.0. The monoisotopic (exact) mass is 420 g/mol. The van der Waals surface area contributed by atoms with E-state index in [1.807, 2.05) is 17.7 Å². The Morgan fingerprint density at radius 2 is 1.70 bits per heavy atom. The zero-order chi connectivity index (χ0) is 22.7. The molecule has 0 radical (unpaired) electrons. The van der Waals surface area contributed by atoms with E-state index in [1.54, 1.807) is 4.90 Å². The summed E-state index contributed by atoms with van der Waals surface area (Å²) in [6, 6.07) is 2.04. The fourth-order valence-corrected chi connectivity index (χ4v) is 3.27. The molecule has 1 unspecified atom stereocenters. The van der Waals surface area contributed by atoms with Crippen LogP contribution in [0.4, 0.5) is 10.6 Å². The van der Waals surface area contributed by atoms with Gasteiger partial charge in [-0.25, -0.2) is 9.48 Å². The van der Waals surface area contributed by atoms with Crippen molar-refractivity contribution in [2.24, 2.45) is 0 Å². The molecule has 1 saturated heterocycles. The van der Waals surface area contributed by atoms with Crippen molar-refractivity contribution in [1.29, 1.82) is 0 Å². The van der Waals surface area contributed by atoms with Gasteiger partial charge in [-0.2, -0.15) is 5.10 Å². The Hall–Kier alpha value is -2.09. The van der Waals surface area contributed by atoms with Gasteiger partial charge in [0.25, 0.3) is 0 Å². The number of piperazine rings is 1. The van der Waals surface area contributed by atoms with Crippen molar-refractivity contribution in [1.82, 2.24) is 24.9 Å². The maximum Gasteiger partial charge on any atom is 0.323 e. The first-order valence-corrected chi connectivity index (χ1v) is 11.0. The summed E-state index contributed by atoms with van der Waals surface area (Å²) in [5.41, 5.74) is 0.607. The second kappa shape index (κ2) is 9.37. The van der Waals surface area contributed by atoms with E-state index in [4.69, 9.17) is 5.10 Å². The van der Waals surface area contributed by atoms with Crippen LogP contribution >= 0.6 is 0 Å². The summed E-state index contributed by atoms with van der Waals surface area (Å²) in [5, 5.41) is 10.8. The Balaban J connectivity index is 1.97.